The van der Waals surface area contributed by atoms with Gasteiger partial charge < -0.3 is 18.9 Å². The van der Waals surface area contributed by atoms with E-state index in [9.17, 15) is 14.4 Å². The van der Waals surface area contributed by atoms with E-state index in [0.29, 0.717) is 0 Å². The Bertz CT molecular complexity index is 686. The summed E-state index contributed by atoms with van der Waals surface area (Å²) < 4.78 is 21.6. The van der Waals surface area contributed by atoms with Crippen LogP contribution in [0.4, 0.5) is 0 Å². The fourth-order valence-electron chi connectivity index (χ4n) is 2.38. The molecule has 1 aliphatic rings. The SMILES string of the molecule is CC(=O)O[C@@H]1[C@@H](OC(C)=O)[C@@H](Oc2cccc(Cl)n2)SC[C@H]1OC(C)=O. The molecule has 0 radical (unpaired) electrons. The fourth-order valence-corrected chi connectivity index (χ4v) is 3.74. The van der Waals surface area contributed by atoms with Gasteiger partial charge in [-0.1, -0.05) is 17.7 Å². The number of rotatable bonds is 5. The molecule has 1 fully saturated rings. The Morgan fingerprint density at radius 3 is 2.23 bits per heavy atom. The average Bonchev–Trinajstić information content (AvgIpc) is 2.51. The van der Waals surface area contributed by atoms with Gasteiger partial charge in [-0.25, -0.2) is 4.98 Å². The van der Waals surface area contributed by atoms with Gasteiger partial charge in [0.2, 0.25) is 5.88 Å². The highest BCUT2D eigenvalue weighted by Crippen LogP contribution is 2.34. The van der Waals surface area contributed by atoms with E-state index in [2.05, 4.69) is 4.98 Å². The molecule has 0 aliphatic carbocycles. The largest absolute Gasteiger partial charge is 0.459 e. The van der Waals surface area contributed by atoms with E-state index in [1.807, 2.05) is 0 Å². The summed E-state index contributed by atoms with van der Waals surface area (Å²) in [5.74, 6) is -1.23. The molecule has 8 nitrogen and oxygen atoms in total. The Morgan fingerprint density at radius 2 is 1.65 bits per heavy atom. The highest BCUT2D eigenvalue weighted by molar-refractivity contribution is 7.99. The summed E-state index contributed by atoms with van der Waals surface area (Å²) in [5, 5.41) is 0.238. The molecule has 0 saturated carbocycles. The summed E-state index contributed by atoms with van der Waals surface area (Å²) in [6.45, 7) is 3.68. The molecule has 1 aromatic heterocycles. The molecule has 0 aromatic carbocycles. The van der Waals surface area contributed by atoms with Crippen LogP contribution < -0.4 is 4.74 Å². The first kappa shape index (κ1) is 20.3. The third-order valence-electron chi connectivity index (χ3n) is 3.23. The predicted octanol–water partition coefficient (Wildman–Crippen LogP) is 1.98. The molecule has 1 aliphatic heterocycles. The summed E-state index contributed by atoms with van der Waals surface area (Å²) in [7, 11) is 0. The van der Waals surface area contributed by atoms with E-state index in [0.717, 1.165) is 0 Å². The van der Waals surface area contributed by atoms with Crippen molar-refractivity contribution < 1.29 is 33.3 Å². The second-order valence-corrected chi connectivity index (χ2v) is 6.93. The van der Waals surface area contributed by atoms with Gasteiger partial charge in [0.25, 0.3) is 0 Å². The van der Waals surface area contributed by atoms with Crippen LogP contribution in [0.5, 0.6) is 5.88 Å². The lowest BCUT2D eigenvalue weighted by Gasteiger charge is -2.39. The number of nitrogens with zero attached hydrogens (tertiary/aromatic N) is 1. The number of halogens is 1. The van der Waals surface area contributed by atoms with E-state index >= 15 is 0 Å². The minimum Gasteiger partial charge on any atom is -0.459 e. The van der Waals surface area contributed by atoms with Gasteiger partial charge in [0.1, 0.15) is 5.15 Å². The topological polar surface area (TPSA) is 101 Å². The van der Waals surface area contributed by atoms with Gasteiger partial charge in [-0.05, 0) is 6.07 Å². The van der Waals surface area contributed by atoms with Crippen molar-refractivity contribution in [3.63, 3.8) is 0 Å². The zero-order valence-corrected chi connectivity index (χ0v) is 15.9. The van der Waals surface area contributed by atoms with Gasteiger partial charge in [-0.15, -0.1) is 11.8 Å². The quantitative estimate of drug-likeness (QED) is 0.415. The van der Waals surface area contributed by atoms with E-state index < -0.39 is 41.7 Å². The summed E-state index contributed by atoms with van der Waals surface area (Å²) >= 11 is 7.09. The molecular weight excluding hydrogens is 386 g/mol. The smallest absolute Gasteiger partial charge is 0.303 e. The maximum absolute atomic E-state index is 11.6. The predicted molar refractivity (Wildman–Crippen MR) is 92.8 cm³/mol. The summed E-state index contributed by atoms with van der Waals surface area (Å²) in [4.78, 5) is 38.4. The molecule has 4 atom stereocenters. The van der Waals surface area contributed by atoms with E-state index in [4.69, 9.17) is 30.5 Å². The van der Waals surface area contributed by atoms with Crippen LogP contribution in [0.1, 0.15) is 20.8 Å². The van der Waals surface area contributed by atoms with Crippen molar-refractivity contribution in [2.45, 2.75) is 44.5 Å². The number of ether oxygens (including phenoxy) is 4. The van der Waals surface area contributed by atoms with Gasteiger partial charge in [-0.2, -0.15) is 0 Å². The molecule has 0 bridgehead atoms. The number of pyridine rings is 1. The molecule has 1 aromatic rings. The lowest BCUT2D eigenvalue weighted by molar-refractivity contribution is -0.186. The van der Waals surface area contributed by atoms with Crippen molar-refractivity contribution in [1.29, 1.82) is 0 Å². The maximum atomic E-state index is 11.6. The minimum atomic E-state index is -1.01. The van der Waals surface area contributed by atoms with Crippen molar-refractivity contribution >= 4 is 41.3 Å². The van der Waals surface area contributed by atoms with E-state index in [1.54, 1.807) is 18.2 Å². The standard InChI is InChI=1S/C16H18ClNO7S/c1-8(19)22-11-7-26-16(25-13-6-4-5-12(17)18-13)15(24-10(3)21)14(11)23-9(2)20/h4-6,11,14-16H,7H2,1-3H3/t11-,14+,15-,16+/m1/s1. The van der Waals surface area contributed by atoms with Crippen LogP contribution in [0.15, 0.2) is 18.2 Å². The lowest BCUT2D eigenvalue weighted by atomic mass is 10.1. The average molecular weight is 404 g/mol. The third kappa shape index (κ3) is 5.77. The van der Waals surface area contributed by atoms with Crippen molar-refractivity contribution in [2.24, 2.45) is 0 Å². The first-order chi connectivity index (χ1) is 12.3. The molecule has 0 spiro atoms. The van der Waals surface area contributed by atoms with Crippen LogP contribution in [0.3, 0.4) is 0 Å². The van der Waals surface area contributed by atoms with E-state index in [-0.39, 0.29) is 16.8 Å². The molecule has 142 valence electrons. The number of esters is 3. The third-order valence-corrected chi connectivity index (χ3v) is 4.66. The van der Waals surface area contributed by atoms with Crippen LogP contribution >= 0.6 is 23.4 Å². The Labute approximate surface area is 159 Å². The van der Waals surface area contributed by atoms with Gasteiger partial charge >= 0.3 is 17.9 Å². The Morgan fingerprint density at radius 1 is 1.04 bits per heavy atom. The fraction of sp³-hybridized carbons (Fsp3) is 0.500. The molecule has 2 heterocycles. The van der Waals surface area contributed by atoms with Crippen molar-refractivity contribution in [3.05, 3.63) is 23.4 Å². The molecule has 0 N–H and O–H groups in total. The Balaban J connectivity index is 2.27. The van der Waals surface area contributed by atoms with Gasteiger partial charge in [0.05, 0.1) is 0 Å². The number of carbonyl (C=O) groups is 3. The highest BCUT2D eigenvalue weighted by atomic mass is 35.5. The zero-order valence-electron chi connectivity index (χ0n) is 14.3. The van der Waals surface area contributed by atoms with Gasteiger partial charge in [0.15, 0.2) is 23.7 Å². The van der Waals surface area contributed by atoms with Crippen LogP contribution in [0.2, 0.25) is 5.15 Å². The molecule has 26 heavy (non-hydrogen) atoms. The number of thioether (sulfide) groups is 1. The molecule has 1 saturated heterocycles. The molecule has 10 heteroatoms. The summed E-state index contributed by atoms with van der Waals surface area (Å²) in [6, 6.07) is 4.84. The normalized spacial score (nSPS) is 25.1. The molecule has 2 rings (SSSR count). The lowest BCUT2D eigenvalue weighted by Crippen LogP contribution is -2.55. The first-order valence-electron chi connectivity index (χ1n) is 7.68. The van der Waals surface area contributed by atoms with Gasteiger partial charge in [0, 0.05) is 32.6 Å². The van der Waals surface area contributed by atoms with Crippen LogP contribution in [-0.2, 0) is 28.6 Å². The second kappa shape index (κ2) is 9.09. The number of aromatic nitrogens is 1. The van der Waals surface area contributed by atoms with E-state index in [1.165, 1.54) is 32.5 Å². The number of hydrogen-bond donors (Lipinski definition) is 0. The van der Waals surface area contributed by atoms with Gasteiger partial charge in [-0.3, -0.25) is 14.4 Å². The van der Waals surface area contributed by atoms with Crippen molar-refractivity contribution in [3.8, 4) is 5.88 Å². The van der Waals surface area contributed by atoms with Crippen molar-refractivity contribution in [1.82, 2.24) is 4.98 Å². The van der Waals surface area contributed by atoms with Crippen LogP contribution in [-0.4, -0.2) is 52.4 Å². The van der Waals surface area contributed by atoms with Crippen molar-refractivity contribution in [2.75, 3.05) is 5.75 Å². The zero-order chi connectivity index (χ0) is 19.3. The number of carbonyl (C=O) groups excluding carboxylic acids is 3. The first-order valence-corrected chi connectivity index (χ1v) is 9.11. The Hall–Kier alpha value is -2.00. The summed E-state index contributed by atoms with van der Waals surface area (Å²) in [6.07, 6.45) is -2.79. The van der Waals surface area contributed by atoms with Crippen LogP contribution in [0, 0.1) is 0 Å². The molecule has 0 amide bonds. The van der Waals surface area contributed by atoms with Crippen LogP contribution in [0.25, 0.3) is 0 Å². The molecule has 0 unspecified atom stereocenters. The highest BCUT2D eigenvalue weighted by Gasteiger charge is 2.47. The molecular formula is C16H18ClNO7S. The maximum Gasteiger partial charge on any atom is 0.303 e. The monoisotopic (exact) mass is 403 g/mol. The summed E-state index contributed by atoms with van der Waals surface area (Å²) in [5.41, 5.74) is -0.735. The second-order valence-electron chi connectivity index (χ2n) is 5.41. The number of hydrogen-bond acceptors (Lipinski definition) is 9. The minimum absolute atomic E-state index is 0.222. The Kier molecular flexibility index (Phi) is 7.10.